The van der Waals surface area contributed by atoms with Crippen LogP contribution in [0.3, 0.4) is 0 Å². The Labute approximate surface area is 94.2 Å². The number of carboxylic acid groups (broad SMARTS) is 1. The first kappa shape index (κ1) is 10.8. The van der Waals surface area contributed by atoms with Gasteiger partial charge in [-0.05, 0) is 25.0 Å². The summed E-state index contributed by atoms with van der Waals surface area (Å²) < 4.78 is 5.49. The van der Waals surface area contributed by atoms with Crippen molar-refractivity contribution in [3.8, 4) is 5.75 Å². The largest absolute Gasteiger partial charge is 0.492 e. The van der Waals surface area contributed by atoms with E-state index in [0.29, 0.717) is 6.61 Å². The lowest BCUT2D eigenvalue weighted by Gasteiger charge is -2.11. The van der Waals surface area contributed by atoms with E-state index in [2.05, 4.69) is 5.32 Å². The molecule has 1 atom stereocenters. The second-order valence-corrected chi connectivity index (χ2v) is 3.87. The number of nitrogens with one attached hydrogen (secondary N) is 1. The minimum Gasteiger partial charge on any atom is -0.492 e. The van der Waals surface area contributed by atoms with Crippen molar-refractivity contribution in [2.45, 2.75) is 25.8 Å². The summed E-state index contributed by atoms with van der Waals surface area (Å²) in [6, 6.07) is 5.83. The molecule has 0 amide bonds. The summed E-state index contributed by atoms with van der Waals surface area (Å²) in [4.78, 5) is 10.6. The number of rotatable bonds is 4. The fraction of sp³-hybridized carbons (Fsp3) is 0.417. The molecular formula is C12H15NO3. The van der Waals surface area contributed by atoms with Crippen LogP contribution in [0.25, 0.3) is 0 Å². The van der Waals surface area contributed by atoms with Crippen LogP contribution < -0.4 is 10.1 Å². The Bertz CT molecular complexity index is 403. The van der Waals surface area contributed by atoms with Gasteiger partial charge in [0, 0.05) is 6.04 Å². The van der Waals surface area contributed by atoms with Crippen LogP contribution in [0.2, 0.25) is 0 Å². The predicted octanol–water partition coefficient (Wildman–Crippen LogP) is 1.90. The molecule has 1 heterocycles. The smallest absolute Gasteiger partial charge is 0.305 e. The van der Waals surface area contributed by atoms with E-state index >= 15 is 0 Å². The van der Waals surface area contributed by atoms with Gasteiger partial charge in [-0.2, -0.15) is 0 Å². The van der Waals surface area contributed by atoms with Crippen LogP contribution in [-0.2, 0) is 11.2 Å². The summed E-state index contributed by atoms with van der Waals surface area (Å²) in [5, 5.41) is 12.0. The Morgan fingerprint density at radius 2 is 2.44 bits per heavy atom. The van der Waals surface area contributed by atoms with Crippen LogP contribution in [0.5, 0.6) is 5.75 Å². The number of para-hydroxylation sites is 1. The van der Waals surface area contributed by atoms with Gasteiger partial charge in [0.15, 0.2) is 0 Å². The monoisotopic (exact) mass is 221 g/mol. The molecule has 0 aromatic heterocycles. The average molecular weight is 221 g/mol. The molecule has 0 aliphatic carbocycles. The van der Waals surface area contributed by atoms with Crippen molar-refractivity contribution in [1.82, 2.24) is 0 Å². The number of fused-ring (bicyclic) bond motifs is 1. The van der Waals surface area contributed by atoms with Gasteiger partial charge in [0.1, 0.15) is 5.75 Å². The second-order valence-electron chi connectivity index (χ2n) is 3.87. The van der Waals surface area contributed by atoms with Crippen molar-refractivity contribution < 1.29 is 14.6 Å². The number of carboxylic acids is 1. The first-order valence-corrected chi connectivity index (χ1v) is 5.43. The van der Waals surface area contributed by atoms with Gasteiger partial charge in [-0.3, -0.25) is 4.79 Å². The Kier molecular flexibility index (Phi) is 2.99. The van der Waals surface area contributed by atoms with Crippen LogP contribution in [0.1, 0.15) is 18.9 Å². The van der Waals surface area contributed by atoms with Crippen LogP contribution in [0.15, 0.2) is 18.2 Å². The molecule has 1 aliphatic heterocycles. The lowest BCUT2D eigenvalue weighted by atomic mass is 10.1. The molecule has 1 aromatic carbocycles. The molecule has 0 fully saturated rings. The first-order chi connectivity index (χ1) is 7.70. The topological polar surface area (TPSA) is 58.6 Å². The van der Waals surface area contributed by atoms with E-state index in [1.165, 1.54) is 0 Å². The van der Waals surface area contributed by atoms with Crippen molar-refractivity contribution in [2.24, 2.45) is 0 Å². The zero-order valence-electron chi connectivity index (χ0n) is 9.19. The molecular weight excluding hydrogens is 206 g/mol. The number of ether oxygens (including phenoxy) is 1. The summed E-state index contributed by atoms with van der Waals surface area (Å²) in [7, 11) is 0. The van der Waals surface area contributed by atoms with Gasteiger partial charge < -0.3 is 15.2 Å². The van der Waals surface area contributed by atoms with Gasteiger partial charge in [-0.1, -0.05) is 12.1 Å². The maximum absolute atomic E-state index is 10.6. The average Bonchev–Trinajstić information content (AvgIpc) is 2.60. The van der Waals surface area contributed by atoms with E-state index in [1.807, 2.05) is 25.1 Å². The zero-order chi connectivity index (χ0) is 11.5. The standard InChI is InChI=1S/C12H15NO3/c1-2-16-10-5-3-4-8-6-9(7-11(14)15)13-12(8)10/h3-5,9,13H,2,6-7H2,1H3,(H,14,15). The Balaban J connectivity index is 2.16. The molecule has 2 rings (SSSR count). The normalized spacial score (nSPS) is 17.7. The van der Waals surface area contributed by atoms with E-state index in [1.54, 1.807) is 0 Å². The van der Waals surface area contributed by atoms with E-state index in [0.717, 1.165) is 23.4 Å². The fourth-order valence-electron chi connectivity index (χ4n) is 2.04. The van der Waals surface area contributed by atoms with Crippen molar-refractivity contribution in [1.29, 1.82) is 0 Å². The fourth-order valence-corrected chi connectivity index (χ4v) is 2.04. The molecule has 1 aromatic rings. The van der Waals surface area contributed by atoms with Gasteiger partial charge in [-0.25, -0.2) is 0 Å². The SMILES string of the molecule is CCOc1cccc2c1NC(CC(=O)O)C2. The Hall–Kier alpha value is -1.71. The third kappa shape index (κ3) is 2.10. The van der Waals surface area contributed by atoms with Crippen molar-refractivity contribution in [2.75, 3.05) is 11.9 Å². The highest BCUT2D eigenvalue weighted by molar-refractivity contribution is 5.72. The molecule has 0 spiro atoms. The highest BCUT2D eigenvalue weighted by Crippen LogP contribution is 2.35. The van der Waals surface area contributed by atoms with E-state index in [4.69, 9.17) is 9.84 Å². The molecule has 0 bridgehead atoms. The van der Waals surface area contributed by atoms with E-state index in [9.17, 15) is 4.79 Å². The molecule has 0 saturated carbocycles. The summed E-state index contributed by atoms with van der Waals surface area (Å²) in [6.07, 6.45) is 0.892. The number of hydrogen-bond acceptors (Lipinski definition) is 3. The first-order valence-electron chi connectivity index (χ1n) is 5.43. The van der Waals surface area contributed by atoms with Gasteiger partial charge >= 0.3 is 5.97 Å². The quantitative estimate of drug-likeness (QED) is 0.815. The van der Waals surface area contributed by atoms with Crippen LogP contribution >= 0.6 is 0 Å². The Morgan fingerprint density at radius 3 is 3.12 bits per heavy atom. The third-order valence-corrected chi connectivity index (χ3v) is 2.65. The molecule has 16 heavy (non-hydrogen) atoms. The van der Waals surface area contributed by atoms with Gasteiger partial charge in [0.25, 0.3) is 0 Å². The molecule has 0 saturated heterocycles. The maximum atomic E-state index is 10.6. The van der Waals surface area contributed by atoms with Gasteiger partial charge in [-0.15, -0.1) is 0 Å². The van der Waals surface area contributed by atoms with Crippen molar-refractivity contribution in [3.63, 3.8) is 0 Å². The van der Waals surface area contributed by atoms with Crippen molar-refractivity contribution >= 4 is 11.7 Å². The Morgan fingerprint density at radius 1 is 1.62 bits per heavy atom. The number of anilines is 1. The molecule has 0 radical (unpaired) electrons. The van der Waals surface area contributed by atoms with E-state index in [-0.39, 0.29) is 12.5 Å². The molecule has 4 nitrogen and oxygen atoms in total. The lowest BCUT2D eigenvalue weighted by Crippen LogP contribution is -2.19. The van der Waals surface area contributed by atoms with E-state index < -0.39 is 5.97 Å². The number of hydrogen-bond donors (Lipinski definition) is 2. The van der Waals surface area contributed by atoms with Gasteiger partial charge in [0.05, 0.1) is 18.7 Å². The van der Waals surface area contributed by atoms with Gasteiger partial charge in [0.2, 0.25) is 0 Å². The van der Waals surface area contributed by atoms with Crippen LogP contribution in [0, 0.1) is 0 Å². The molecule has 4 heteroatoms. The summed E-state index contributed by atoms with van der Waals surface area (Å²) in [5.41, 5.74) is 2.09. The highest BCUT2D eigenvalue weighted by atomic mass is 16.5. The number of aliphatic carboxylic acids is 1. The van der Waals surface area contributed by atoms with Crippen molar-refractivity contribution in [3.05, 3.63) is 23.8 Å². The van der Waals surface area contributed by atoms with Crippen LogP contribution in [-0.4, -0.2) is 23.7 Å². The number of benzene rings is 1. The molecule has 86 valence electrons. The minimum atomic E-state index is -0.775. The molecule has 1 aliphatic rings. The third-order valence-electron chi connectivity index (χ3n) is 2.65. The number of carbonyl (C=O) groups is 1. The highest BCUT2D eigenvalue weighted by Gasteiger charge is 2.25. The van der Waals surface area contributed by atoms with Crippen LogP contribution in [0.4, 0.5) is 5.69 Å². The predicted molar refractivity (Wildman–Crippen MR) is 61.0 cm³/mol. The summed E-state index contributed by atoms with van der Waals surface area (Å²) >= 11 is 0. The minimum absolute atomic E-state index is 0.0193. The second kappa shape index (κ2) is 4.43. The molecule has 1 unspecified atom stereocenters. The molecule has 2 N–H and O–H groups in total. The summed E-state index contributed by atoms with van der Waals surface area (Å²) in [5.74, 6) is 0.0381. The zero-order valence-corrected chi connectivity index (χ0v) is 9.19. The lowest BCUT2D eigenvalue weighted by molar-refractivity contribution is -0.137. The summed E-state index contributed by atoms with van der Waals surface area (Å²) in [6.45, 7) is 2.55. The maximum Gasteiger partial charge on any atom is 0.305 e.